The number of rotatable bonds is 4. The maximum Gasteiger partial charge on any atom is 0.252 e. The zero-order chi connectivity index (χ0) is 13.7. The summed E-state index contributed by atoms with van der Waals surface area (Å²) in [5.74, 6) is 2.69. The molecular formula is C15H20N2O. The number of benzene rings is 1. The fourth-order valence-electron chi connectivity index (χ4n) is 1.55. The lowest BCUT2D eigenvalue weighted by Crippen LogP contribution is -2.37. The predicted molar refractivity (Wildman–Crippen MR) is 75.7 cm³/mol. The third kappa shape index (κ3) is 3.53. The Morgan fingerprint density at radius 2 is 2.06 bits per heavy atom. The minimum absolute atomic E-state index is 0.129. The van der Waals surface area contributed by atoms with Crippen LogP contribution in [0.4, 0.5) is 5.69 Å². The molecule has 0 heterocycles. The highest BCUT2D eigenvalue weighted by Gasteiger charge is 2.14. The molecule has 0 aromatic heterocycles. The molecule has 1 aromatic carbocycles. The van der Waals surface area contributed by atoms with Gasteiger partial charge in [0.2, 0.25) is 0 Å². The molecule has 0 fully saturated rings. The van der Waals surface area contributed by atoms with E-state index in [-0.39, 0.29) is 17.9 Å². The second-order valence-corrected chi connectivity index (χ2v) is 4.81. The van der Waals surface area contributed by atoms with Crippen molar-refractivity contribution in [1.29, 1.82) is 0 Å². The summed E-state index contributed by atoms with van der Waals surface area (Å²) in [6.45, 7) is 3.97. The van der Waals surface area contributed by atoms with Gasteiger partial charge in [-0.3, -0.25) is 4.79 Å². The van der Waals surface area contributed by atoms with E-state index < -0.39 is 0 Å². The molecule has 0 aliphatic rings. The molecule has 3 nitrogen and oxygen atoms in total. The molecule has 1 atom stereocenters. The van der Waals surface area contributed by atoms with Crippen molar-refractivity contribution in [3.8, 4) is 12.3 Å². The monoisotopic (exact) mass is 244 g/mol. The number of anilines is 1. The average Bonchev–Trinajstić information content (AvgIpc) is 2.35. The van der Waals surface area contributed by atoms with Gasteiger partial charge in [-0.05, 0) is 24.1 Å². The number of nitrogens with one attached hydrogen (secondary N) is 1. The summed E-state index contributed by atoms with van der Waals surface area (Å²) < 4.78 is 0. The Labute approximate surface area is 109 Å². The van der Waals surface area contributed by atoms with Crippen molar-refractivity contribution in [2.24, 2.45) is 5.92 Å². The second kappa shape index (κ2) is 6.11. The maximum absolute atomic E-state index is 12.1. The van der Waals surface area contributed by atoms with Gasteiger partial charge in [0, 0.05) is 25.3 Å². The molecule has 1 N–H and O–H groups in total. The molecule has 0 spiro atoms. The lowest BCUT2D eigenvalue weighted by Gasteiger charge is -2.18. The van der Waals surface area contributed by atoms with Crippen molar-refractivity contribution in [1.82, 2.24) is 5.32 Å². The van der Waals surface area contributed by atoms with Crippen molar-refractivity contribution >= 4 is 11.6 Å². The highest BCUT2D eigenvalue weighted by Crippen LogP contribution is 2.13. The van der Waals surface area contributed by atoms with E-state index in [1.807, 2.05) is 51.0 Å². The third-order valence-electron chi connectivity index (χ3n) is 2.76. The summed E-state index contributed by atoms with van der Waals surface area (Å²) in [5, 5.41) is 2.85. The van der Waals surface area contributed by atoms with Crippen molar-refractivity contribution in [2.75, 3.05) is 19.0 Å². The van der Waals surface area contributed by atoms with Gasteiger partial charge in [-0.15, -0.1) is 6.42 Å². The Kier molecular flexibility index (Phi) is 4.79. The summed E-state index contributed by atoms with van der Waals surface area (Å²) in [7, 11) is 3.88. The minimum atomic E-state index is -0.236. The van der Waals surface area contributed by atoms with Crippen LogP contribution in [0.15, 0.2) is 24.3 Å². The van der Waals surface area contributed by atoms with Crippen LogP contribution in [0, 0.1) is 18.3 Å². The van der Waals surface area contributed by atoms with Crippen molar-refractivity contribution in [3.63, 3.8) is 0 Å². The lowest BCUT2D eigenvalue weighted by atomic mass is 10.0. The Hall–Kier alpha value is -1.95. The zero-order valence-corrected chi connectivity index (χ0v) is 11.4. The second-order valence-electron chi connectivity index (χ2n) is 4.81. The molecule has 1 unspecified atom stereocenters. The zero-order valence-electron chi connectivity index (χ0n) is 11.4. The van der Waals surface area contributed by atoms with Gasteiger partial charge in [0.05, 0.1) is 6.04 Å². The molecule has 0 aliphatic carbocycles. The van der Waals surface area contributed by atoms with Crippen LogP contribution in [0.5, 0.6) is 0 Å². The van der Waals surface area contributed by atoms with E-state index >= 15 is 0 Å². The van der Waals surface area contributed by atoms with E-state index in [1.54, 1.807) is 6.07 Å². The number of nitrogens with zero attached hydrogens (tertiary/aromatic N) is 1. The van der Waals surface area contributed by atoms with E-state index in [0.717, 1.165) is 5.69 Å². The molecule has 3 heteroatoms. The molecule has 1 aromatic rings. The number of carbonyl (C=O) groups excluding carboxylic acids is 1. The molecule has 1 amide bonds. The summed E-state index contributed by atoms with van der Waals surface area (Å²) in [6.07, 6.45) is 5.41. The molecule has 0 bridgehead atoms. The van der Waals surface area contributed by atoms with Gasteiger partial charge < -0.3 is 10.2 Å². The van der Waals surface area contributed by atoms with Gasteiger partial charge >= 0.3 is 0 Å². The average molecular weight is 244 g/mol. The lowest BCUT2D eigenvalue weighted by molar-refractivity contribution is 0.0938. The first-order chi connectivity index (χ1) is 8.45. The number of carbonyl (C=O) groups is 1. The van der Waals surface area contributed by atoms with Crippen LogP contribution >= 0.6 is 0 Å². The highest BCUT2D eigenvalue weighted by atomic mass is 16.1. The smallest absolute Gasteiger partial charge is 0.252 e. The molecule has 0 radical (unpaired) electrons. The van der Waals surface area contributed by atoms with Crippen molar-refractivity contribution < 1.29 is 4.79 Å². The Bertz CT molecular complexity index is 458. The predicted octanol–water partition coefficient (Wildman–Crippen LogP) is 2.14. The Morgan fingerprint density at radius 1 is 1.39 bits per heavy atom. The van der Waals surface area contributed by atoms with Crippen LogP contribution in [0.25, 0.3) is 0 Å². The summed E-state index contributed by atoms with van der Waals surface area (Å²) in [6, 6.07) is 7.22. The number of amides is 1. The van der Waals surface area contributed by atoms with Crippen molar-refractivity contribution in [3.05, 3.63) is 29.8 Å². The van der Waals surface area contributed by atoms with Gasteiger partial charge in [0.15, 0.2) is 0 Å². The van der Waals surface area contributed by atoms with Crippen molar-refractivity contribution in [2.45, 2.75) is 19.9 Å². The molecule has 0 aliphatic heterocycles. The first kappa shape index (κ1) is 14.1. The van der Waals surface area contributed by atoms with E-state index in [2.05, 4.69) is 11.2 Å². The molecule has 18 heavy (non-hydrogen) atoms. The summed E-state index contributed by atoms with van der Waals surface area (Å²) in [4.78, 5) is 14.0. The van der Waals surface area contributed by atoms with Gasteiger partial charge in [-0.1, -0.05) is 25.8 Å². The van der Waals surface area contributed by atoms with Gasteiger partial charge in [0.25, 0.3) is 5.91 Å². The number of hydrogen-bond acceptors (Lipinski definition) is 2. The number of terminal acetylenes is 1. The topological polar surface area (TPSA) is 32.3 Å². The van der Waals surface area contributed by atoms with Gasteiger partial charge in [-0.2, -0.15) is 0 Å². The highest BCUT2D eigenvalue weighted by molar-refractivity contribution is 5.95. The van der Waals surface area contributed by atoms with Crippen LogP contribution in [0.2, 0.25) is 0 Å². The number of hydrogen-bond donors (Lipinski definition) is 1. The molecule has 96 valence electrons. The van der Waals surface area contributed by atoms with E-state index in [0.29, 0.717) is 5.56 Å². The molecule has 0 saturated heterocycles. The maximum atomic E-state index is 12.1. The Balaban J connectivity index is 2.85. The van der Waals surface area contributed by atoms with Crippen LogP contribution in [0.1, 0.15) is 24.2 Å². The molecular weight excluding hydrogens is 224 g/mol. The largest absolute Gasteiger partial charge is 0.378 e. The minimum Gasteiger partial charge on any atom is -0.378 e. The fraction of sp³-hybridized carbons (Fsp3) is 0.400. The van der Waals surface area contributed by atoms with E-state index in [4.69, 9.17) is 6.42 Å². The van der Waals surface area contributed by atoms with Crippen LogP contribution in [-0.2, 0) is 0 Å². The van der Waals surface area contributed by atoms with Crippen LogP contribution in [-0.4, -0.2) is 26.0 Å². The quantitative estimate of drug-likeness (QED) is 0.823. The first-order valence-electron chi connectivity index (χ1n) is 6.00. The van der Waals surface area contributed by atoms with Crippen LogP contribution < -0.4 is 10.2 Å². The van der Waals surface area contributed by atoms with E-state index in [1.165, 1.54) is 0 Å². The summed E-state index contributed by atoms with van der Waals surface area (Å²) >= 11 is 0. The molecule has 1 rings (SSSR count). The van der Waals surface area contributed by atoms with E-state index in [9.17, 15) is 4.79 Å². The Morgan fingerprint density at radius 3 is 2.56 bits per heavy atom. The first-order valence-corrected chi connectivity index (χ1v) is 6.00. The fourth-order valence-corrected chi connectivity index (χ4v) is 1.55. The van der Waals surface area contributed by atoms with Crippen LogP contribution in [0.3, 0.4) is 0 Å². The van der Waals surface area contributed by atoms with Gasteiger partial charge in [0.1, 0.15) is 0 Å². The third-order valence-corrected chi connectivity index (χ3v) is 2.76. The SMILES string of the molecule is C#CC(NC(=O)c1cccc(N(C)C)c1)C(C)C. The summed E-state index contributed by atoms with van der Waals surface area (Å²) in [5.41, 5.74) is 1.62. The molecule has 0 saturated carbocycles. The van der Waals surface area contributed by atoms with Gasteiger partial charge in [-0.25, -0.2) is 0 Å². The standard InChI is InChI=1S/C15H20N2O/c1-6-14(11(2)3)16-15(18)12-8-7-9-13(10-12)17(4)5/h1,7-11,14H,2-5H3,(H,16,18). The normalized spacial score (nSPS) is 11.8.